The Morgan fingerprint density at radius 1 is 1.53 bits per heavy atom. The first-order valence-electron chi connectivity index (χ1n) is 5.79. The van der Waals surface area contributed by atoms with Crippen molar-refractivity contribution in [2.45, 2.75) is 38.0 Å². The molecule has 1 saturated heterocycles. The van der Waals surface area contributed by atoms with Gasteiger partial charge in [0.05, 0.1) is 11.1 Å². The highest BCUT2D eigenvalue weighted by Gasteiger charge is 2.33. The average Bonchev–Trinajstić information content (AvgIpc) is 2.29. The van der Waals surface area contributed by atoms with Crippen molar-refractivity contribution in [2.75, 3.05) is 19.7 Å². The molecule has 100 valence electrons. The van der Waals surface area contributed by atoms with Crippen LogP contribution in [0.4, 0.5) is 0 Å². The van der Waals surface area contributed by atoms with Gasteiger partial charge < -0.3 is 10.5 Å². The molecule has 0 radical (unpaired) electrons. The summed E-state index contributed by atoms with van der Waals surface area (Å²) in [5.74, 6) is 0. The quantitative estimate of drug-likeness (QED) is 0.742. The van der Waals surface area contributed by atoms with Gasteiger partial charge in [0.25, 0.3) is 0 Å². The molecule has 17 heavy (non-hydrogen) atoms. The molecule has 0 saturated carbocycles. The van der Waals surface area contributed by atoms with Crippen molar-refractivity contribution in [3.8, 4) is 0 Å². The second kappa shape index (κ2) is 6.08. The zero-order valence-corrected chi connectivity index (χ0v) is 11.9. The van der Waals surface area contributed by atoms with Crippen LogP contribution in [0.15, 0.2) is 0 Å². The van der Waals surface area contributed by atoms with Crippen molar-refractivity contribution in [3.05, 3.63) is 0 Å². The largest absolute Gasteiger partial charge is 0.392 e. The fourth-order valence-electron chi connectivity index (χ4n) is 1.86. The minimum absolute atomic E-state index is 0.0249. The van der Waals surface area contributed by atoms with E-state index in [9.17, 15) is 8.42 Å². The normalized spacial score (nSPS) is 21.3. The Balaban J connectivity index is 2.62. The van der Waals surface area contributed by atoms with Crippen molar-refractivity contribution in [3.63, 3.8) is 0 Å². The molecular formula is C10H20N2O3S2. The molecule has 0 amide bonds. The van der Waals surface area contributed by atoms with Crippen LogP contribution in [-0.2, 0) is 14.8 Å². The Bertz CT molecular complexity index is 362. The highest BCUT2D eigenvalue weighted by Crippen LogP contribution is 2.19. The van der Waals surface area contributed by atoms with Crippen LogP contribution in [0.5, 0.6) is 0 Å². The van der Waals surface area contributed by atoms with E-state index in [0.29, 0.717) is 19.7 Å². The molecule has 1 fully saturated rings. The number of sulfonamides is 1. The van der Waals surface area contributed by atoms with Crippen LogP contribution in [0.2, 0.25) is 0 Å². The number of thiocarbonyl (C=S) groups is 1. The fraction of sp³-hybridized carbons (Fsp3) is 0.900. The average molecular weight is 280 g/mol. The first-order valence-corrected chi connectivity index (χ1v) is 7.70. The van der Waals surface area contributed by atoms with Crippen molar-refractivity contribution >= 4 is 27.2 Å². The minimum atomic E-state index is -3.39. The second-order valence-corrected chi connectivity index (χ2v) is 6.87. The van der Waals surface area contributed by atoms with Gasteiger partial charge in [-0.3, -0.25) is 0 Å². The third-order valence-corrected chi connectivity index (χ3v) is 5.75. The van der Waals surface area contributed by atoms with E-state index in [4.69, 9.17) is 22.7 Å². The summed E-state index contributed by atoms with van der Waals surface area (Å²) in [6.45, 7) is 5.12. The van der Waals surface area contributed by atoms with E-state index in [-0.39, 0.29) is 11.1 Å². The Kier molecular flexibility index (Phi) is 5.30. The predicted molar refractivity (Wildman–Crippen MR) is 71.4 cm³/mol. The number of piperidine rings is 1. The van der Waals surface area contributed by atoms with Gasteiger partial charge in [0.2, 0.25) is 10.0 Å². The molecule has 0 spiro atoms. The number of ether oxygens (including phenoxy) is 1. The van der Waals surface area contributed by atoms with Crippen LogP contribution in [0.25, 0.3) is 0 Å². The SMILES string of the molecule is CCOC1CCN(S(=O)(=O)C(C)C(N)=S)CC1. The van der Waals surface area contributed by atoms with Crippen molar-refractivity contribution in [1.29, 1.82) is 0 Å². The summed E-state index contributed by atoms with van der Waals surface area (Å²) in [5, 5.41) is -0.791. The van der Waals surface area contributed by atoms with Gasteiger partial charge in [-0.1, -0.05) is 12.2 Å². The highest BCUT2D eigenvalue weighted by atomic mass is 32.2. The van der Waals surface area contributed by atoms with E-state index in [1.54, 1.807) is 0 Å². The summed E-state index contributed by atoms with van der Waals surface area (Å²) in [6, 6.07) is 0. The predicted octanol–water partition coefficient (Wildman–Crippen LogP) is 0.492. The maximum atomic E-state index is 12.1. The Hall–Kier alpha value is -0.240. The number of nitrogens with two attached hydrogens (primary N) is 1. The number of hydrogen-bond acceptors (Lipinski definition) is 4. The summed E-state index contributed by atoms with van der Waals surface area (Å²) < 4.78 is 31.2. The van der Waals surface area contributed by atoms with Gasteiger partial charge in [-0.05, 0) is 26.7 Å². The topological polar surface area (TPSA) is 72.6 Å². The van der Waals surface area contributed by atoms with E-state index in [0.717, 1.165) is 12.8 Å². The van der Waals surface area contributed by atoms with E-state index >= 15 is 0 Å². The standard InChI is InChI=1S/C10H20N2O3S2/c1-3-15-9-4-6-12(7-5-9)17(13,14)8(2)10(11)16/h8-9H,3-7H2,1-2H3,(H2,11,16). The van der Waals surface area contributed by atoms with Gasteiger partial charge in [0.1, 0.15) is 5.25 Å². The van der Waals surface area contributed by atoms with Crippen LogP contribution in [0, 0.1) is 0 Å². The number of nitrogens with zero attached hydrogens (tertiary/aromatic N) is 1. The van der Waals surface area contributed by atoms with Gasteiger partial charge >= 0.3 is 0 Å². The molecule has 0 aromatic heterocycles. The maximum Gasteiger partial charge on any atom is 0.223 e. The molecule has 0 bridgehead atoms. The summed E-state index contributed by atoms with van der Waals surface area (Å²) in [4.78, 5) is 0.0249. The van der Waals surface area contributed by atoms with Gasteiger partial charge in [0.15, 0.2) is 0 Å². The van der Waals surface area contributed by atoms with Crippen molar-refractivity contribution in [1.82, 2.24) is 4.31 Å². The lowest BCUT2D eigenvalue weighted by Gasteiger charge is -2.32. The third kappa shape index (κ3) is 3.61. The Labute approximate surface area is 108 Å². The lowest BCUT2D eigenvalue weighted by Crippen LogP contribution is -2.47. The molecule has 5 nitrogen and oxygen atoms in total. The van der Waals surface area contributed by atoms with Gasteiger partial charge in [-0.15, -0.1) is 0 Å². The molecule has 1 aliphatic heterocycles. The van der Waals surface area contributed by atoms with E-state index in [2.05, 4.69) is 0 Å². The molecule has 1 unspecified atom stereocenters. The first-order chi connectivity index (χ1) is 7.89. The third-order valence-electron chi connectivity index (χ3n) is 3.01. The van der Waals surface area contributed by atoms with E-state index in [1.807, 2.05) is 6.92 Å². The zero-order chi connectivity index (χ0) is 13.1. The van der Waals surface area contributed by atoms with Gasteiger partial charge in [-0.25, -0.2) is 12.7 Å². The van der Waals surface area contributed by atoms with Gasteiger partial charge in [-0.2, -0.15) is 0 Å². The molecule has 1 rings (SSSR count). The maximum absolute atomic E-state index is 12.1. The van der Waals surface area contributed by atoms with Crippen LogP contribution in [-0.4, -0.2) is 48.8 Å². The molecule has 0 aliphatic carbocycles. The van der Waals surface area contributed by atoms with Crippen molar-refractivity contribution in [2.24, 2.45) is 5.73 Å². The molecule has 0 aromatic carbocycles. The van der Waals surface area contributed by atoms with Crippen molar-refractivity contribution < 1.29 is 13.2 Å². The van der Waals surface area contributed by atoms with Crippen LogP contribution in [0.1, 0.15) is 26.7 Å². The summed E-state index contributed by atoms with van der Waals surface area (Å²) in [5.41, 5.74) is 5.40. The lowest BCUT2D eigenvalue weighted by molar-refractivity contribution is 0.0289. The molecular weight excluding hydrogens is 260 g/mol. The van der Waals surface area contributed by atoms with Gasteiger partial charge in [0, 0.05) is 19.7 Å². The summed E-state index contributed by atoms with van der Waals surface area (Å²) >= 11 is 4.75. The molecule has 2 N–H and O–H groups in total. The van der Waals surface area contributed by atoms with Crippen LogP contribution >= 0.6 is 12.2 Å². The smallest absolute Gasteiger partial charge is 0.223 e. The van der Waals surface area contributed by atoms with E-state index in [1.165, 1.54) is 11.2 Å². The molecule has 7 heteroatoms. The Morgan fingerprint density at radius 3 is 2.47 bits per heavy atom. The Morgan fingerprint density at radius 2 is 2.06 bits per heavy atom. The molecule has 1 heterocycles. The number of rotatable bonds is 5. The monoisotopic (exact) mass is 280 g/mol. The molecule has 1 atom stereocenters. The second-order valence-electron chi connectivity index (χ2n) is 4.14. The highest BCUT2D eigenvalue weighted by molar-refractivity contribution is 7.92. The summed E-state index contributed by atoms with van der Waals surface area (Å²) in [7, 11) is -3.39. The molecule has 1 aliphatic rings. The van der Waals surface area contributed by atoms with Crippen LogP contribution in [0.3, 0.4) is 0 Å². The molecule has 0 aromatic rings. The van der Waals surface area contributed by atoms with E-state index < -0.39 is 15.3 Å². The lowest BCUT2D eigenvalue weighted by atomic mass is 10.1. The minimum Gasteiger partial charge on any atom is -0.392 e. The van der Waals surface area contributed by atoms with Crippen LogP contribution < -0.4 is 5.73 Å². The summed E-state index contributed by atoms with van der Waals surface area (Å²) in [6.07, 6.45) is 1.64. The first kappa shape index (κ1) is 14.8. The number of hydrogen-bond donors (Lipinski definition) is 1. The fourth-order valence-corrected chi connectivity index (χ4v) is 3.68. The zero-order valence-electron chi connectivity index (χ0n) is 10.3.